The maximum atomic E-state index is 5.86. The van der Waals surface area contributed by atoms with Gasteiger partial charge in [0.05, 0.1) is 0 Å². The fourth-order valence-electron chi connectivity index (χ4n) is 1.68. The number of aromatic nitrogens is 5. The van der Waals surface area contributed by atoms with Crippen molar-refractivity contribution >= 4 is 55.3 Å². The van der Waals surface area contributed by atoms with Gasteiger partial charge in [-0.25, -0.2) is 0 Å². The molecule has 0 aliphatic carbocycles. The Labute approximate surface area is 135 Å². The van der Waals surface area contributed by atoms with Crippen molar-refractivity contribution in [2.45, 2.75) is 5.16 Å². The molecule has 3 rings (SSSR count). The third kappa shape index (κ3) is 2.52. The first-order chi connectivity index (χ1) is 9.56. The summed E-state index contributed by atoms with van der Waals surface area (Å²) in [5.41, 5.74) is 6.72. The monoisotopic (exact) mass is 414 g/mol. The molecule has 0 radical (unpaired) electrons. The van der Waals surface area contributed by atoms with Crippen molar-refractivity contribution in [3.05, 3.63) is 27.1 Å². The normalized spacial score (nSPS) is 11.2. The molecule has 3 aromatic rings. The van der Waals surface area contributed by atoms with Gasteiger partial charge in [-0.2, -0.15) is 19.5 Å². The largest absolute Gasteiger partial charge is 0.368 e. The van der Waals surface area contributed by atoms with Crippen molar-refractivity contribution in [2.24, 2.45) is 0 Å². The van der Waals surface area contributed by atoms with Crippen molar-refractivity contribution < 1.29 is 0 Å². The number of rotatable bonds is 2. The second-order valence-corrected chi connectivity index (χ2v) is 6.48. The molecule has 102 valence electrons. The molecule has 0 amide bonds. The van der Waals surface area contributed by atoms with Gasteiger partial charge in [-0.05, 0) is 24.5 Å². The lowest BCUT2D eigenvalue weighted by Gasteiger charge is -1.98. The molecule has 9 heteroatoms. The molecular formula is C11H8Br2N6S. The van der Waals surface area contributed by atoms with E-state index >= 15 is 0 Å². The Hall–Kier alpha value is -1.19. The highest BCUT2D eigenvalue weighted by molar-refractivity contribution is 9.11. The van der Waals surface area contributed by atoms with E-state index in [0.717, 1.165) is 14.5 Å². The van der Waals surface area contributed by atoms with Crippen molar-refractivity contribution in [1.29, 1.82) is 0 Å². The van der Waals surface area contributed by atoms with Gasteiger partial charge >= 0.3 is 0 Å². The first-order valence-corrected chi connectivity index (χ1v) is 8.28. The molecule has 1 aromatic carbocycles. The molecule has 0 aliphatic heterocycles. The number of nitrogen functional groups attached to an aromatic ring is 1. The molecule has 0 aliphatic rings. The average Bonchev–Trinajstić information content (AvgIpc) is 2.82. The average molecular weight is 416 g/mol. The topological polar surface area (TPSA) is 82.0 Å². The lowest BCUT2D eigenvalue weighted by atomic mass is 10.2. The number of benzene rings is 1. The molecule has 6 nitrogen and oxygen atoms in total. The smallest absolute Gasteiger partial charge is 0.258 e. The first-order valence-electron chi connectivity index (χ1n) is 5.47. The number of thioether (sulfide) groups is 1. The summed E-state index contributed by atoms with van der Waals surface area (Å²) in [4.78, 5) is 12.8. The van der Waals surface area contributed by atoms with E-state index in [-0.39, 0.29) is 5.95 Å². The molecule has 0 bridgehead atoms. The van der Waals surface area contributed by atoms with Gasteiger partial charge in [0, 0.05) is 14.5 Å². The lowest BCUT2D eigenvalue weighted by Crippen LogP contribution is -2.04. The van der Waals surface area contributed by atoms with Crippen molar-refractivity contribution in [3.8, 4) is 11.4 Å². The molecule has 0 saturated carbocycles. The second-order valence-electron chi connectivity index (χ2n) is 3.87. The number of hydrogen-bond donors (Lipinski definition) is 1. The summed E-state index contributed by atoms with van der Waals surface area (Å²) in [6, 6.07) is 5.80. The molecule has 0 fully saturated rings. The summed E-state index contributed by atoms with van der Waals surface area (Å²) < 4.78 is 3.30. The predicted molar refractivity (Wildman–Crippen MR) is 85.6 cm³/mol. The molecule has 2 aromatic heterocycles. The zero-order valence-corrected chi connectivity index (χ0v) is 14.2. The van der Waals surface area contributed by atoms with Gasteiger partial charge in [0.15, 0.2) is 11.0 Å². The number of fused-ring (bicyclic) bond motifs is 1. The number of anilines is 1. The Morgan fingerprint density at radius 3 is 2.45 bits per heavy atom. The number of nitrogens with two attached hydrogens (primary N) is 1. The maximum Gasteiger partial charge on any atom is 0.258 e. The lowest BCUT2D eigenvalue weighted by molar-refractivity contribution is 0.851. The number of halogens is 2. The highest BCUT2D eigenvalue weighted by Crippen LogP contribution is 2.26. The van der Waals surface area contributed by atoms with E-state index in [1.807, 2.05) is 24.5 Å². The minimum absolute atomic E-state index is 0.271. The molecule has 0 atom stereocenters. The van der Waals surface area contributed by atoms with Crippen LogP contribution in [0.5, 0.6) is 0 Å². The predicted octanol–water partition coefficient (Wildman–Crippen LogP) is 3.02. The van der Waals surface area contributed by atoms with Crippen molar-refractivity contribution in [1.82, 2.24) is 24.6 Å². The fraction of sp³-hybridized carbons (Fsp3) is 0.0909. The van der Waals surface area contributed by atoms with E-state index in [9.17, 15) is 0 Å². The van der Waals surface area contributed by atoms with Crippen LogP contribution in [-0.2, 0) is 0 Å². The molecule has 0 spiro atoms. The van der Waals surface area contributed by atoms with Crippen LogP contribution in [0.1, 0.15) is 0 Å². The Balaban J connectivity index is 2.20. The maximum absolute atomic E-state index is 5.86. The summed E-state index contributed by atoms with van der Waals surface area (Å²) in [7, 11) is 0. The zero-order chi connectivity index (χ0) is 14.3. The van der Waals surface area contributed by atoms with Gasteiger partial charge in [0.1, 0.15) is 0 Å². The van der Waals surface area contributed by atoms with Crippen LogP contribution in [0.2, 0.25) is 0 Å². The van der Waals surface area contributed by atoms with Gasteiger partial charge < -0.3 is 5.73 Å². The van der Waals surface area contributed by atoms with E-state index in [2.05, 4.69) is 51.9 Å². The minimum atomic E-state index is 0.271. The van der Waals surface area contributed by atoms with Gasteiger partial charge in [-0.3, -0.25) is 0 Å². The van der Waals surface area contributed by atoms with Crippen LogP contribution < -0.4 is 5.73 Å². The molecule has 20 heavy (non-hydrogen) atoms. The standard InChI is InChI=1S/C11H8Br2N6S/c1-20-11-16-9(14)19-10(17-11)15-8(18-19)5-2-6(12)4-7(13)3-5/h2-4H,1H3,(H2,14,15,16,17,18). The van der Waals surface area contributed by atoms with Gasteiger partial charge in [0.2, 0.25) is 5.95 Å². The zero-order valence-electron chi connectivity index (χ0n) is 10.2. The summed E-state index contributed by atoms with van der Waals surface area (Å²) in [5, 5.41) is 4.92. The van der Waals surface area contributed by atoms with Gasteiger partial charge in [-0.15, -0.1) is 5.10 Å². The van der Waals surface area contributed by atoms with E-state index in [4.69, 9.17) is 5.73 Å². The van der Waals surface area contributed by atoms with E-state index in [1.54, 1.807) is 0 Å². The summed E-state index contributed by atoms with van der Waals surface area (Å²) in [6.07, 6.45) is 1.88. The van der Waals surface area contributed by atoms with E-state index in [1.165, 1.54) is 16.3 Å². The Morgan fingerprint density at radius 2 is 1.80 bits per heavy atom. The van der Waals surface area contributed by atoms with Crippen LogP contribution in [0.4, 0.5) is 5.95 Å². The Bertz CT molecular complexity index is 783. The van der Waals surface area contributed by atoms with Crippen molar-refractivity contribution in [3.63, 3.8) is 0 Å². The highest BCUT2D eigenvalue weighted by atomic mass is 79.9. The van der Waals surface area contributed by atoms with Crippen LogP contribution in [0, 0.1) is 0 Å². The van der Waals surface area contributed by atoms with Gasteiger partial charge in [-0.1, -0.05) is 43.6 Å². The van der Waals surface area contributed by atoms with Crippen LogP contribution in [0.25, 0.3) is 17.2 Å². The molecule has 2 N–H and O–H groups in total. The third-order valence-corrected chi connectivity index (χ3v) is 3.98. The first kappa shape index (κ1) is 13.8. The van der Waals surface area contributed by atoms with Crippen LogP contribution in [0.15, 0.2) is 32.3 Å². The minimum Gasteiger partial charge on any atom is -0.368 e. The van der Waals surface area contributed by atoms with Gasteiger partial charge in [0.25, 0.3) is 5.78 Å². The van der Waals surface area contributed by atoms with Crippen LogP contribution in [0.3, 0.4) is 0 Å². The van der Waals surface area contributed by atoms with Crippen molar-refractivity contribution in [2.75, 3.05) is 12.0 Å². The quantitative estimate of drug-likeness (QED) is 0.647. The fourth-order valence-corrected chi connectivity index (χ4v) is 3.33. The number of nitrogens with zero attached hydrogens (tertiary/aromatic N) is 5. The van der Waals surface area contributed by atoms with Crippen LogP contribution in [-0.4, -0.2) is 30.8 Å². The van der Waals surface area contributed by atoms with E-state index < -0.39 is 0 Å². The molecular weight excluding hydrogens is 408 g/mol. The third-order valence-electron chi connectivity index (χ3n) is 2.52. The summed E-state index contributed by atoms with van der Waals surface area (Å²) in [5.74, 6) is 1.26. The van der Waals surface area contributed by atoms with Crippen LogP contribution >= 0.6 is 43.6 Å². The molecule has 0 saturated heterocycles. The Morgan fingerprint density at radius 1 is 1.10 bits per heavy atom. The Kier molecular flexibility index (Phi) is 3.65. The molecule has 2 heterocycles. The van der Waals surface area contributed by atoms with E-state index in [0.29, 0.717) is 16.8 Å². The second kappa shape index (κ2) is 5.30. The molecule has 0 unspecified atom stereocenters. The summed E-state index contributed by atoms with van der Waals surface area (Å²) >= 11 is 8.30. The number of hydrogen-bond acceptors (Lipinski definition) is 6. The highest BCUT2D eigenvalue weighted by Gasteiger charge is 2.12. The SMILES string of the molecule is CSc1nc(N)n2nc(-c3cc(Br)cc(Br)c3)nc2n1. The summed E-state index contributed by atoms with van der Waals surface area (Å²) in [6.45, 7) is 0.